The molecule has 2 nitrogen and oxygen atoms in total. The second-order valence-corrected chi connectivity index (χ2v) is 5.18. The summed E-state index contributed by atoms with van der Waals surface area (Å²) in [7, 11) is 0. The van der Waals surface area contributed by atoms with E-state index in [2.05, 4.69) is 20.8 Å². The number of rotatable bonds is 2. The molecule has 13 heavy (non-hydrogen) atoms. The zero-order valence-electron chi connectivity index (χ0n) is 8.93. The highest BCUT2D eigenvalue weighted by atomic mass is 16.5. The first-order valence-electron chi connectivity index (χ1n) is 5.13. The minimum Gasteiger partial charge on any atom is -0.466 e. The maximum atomic E-state index is 11.0. The Bertz CT molecular complexity index is 179. The average Bonchev–Trinajstić information content (AvgIpc) is 2.00. The van der Waals surface area contributed by atoms with Gasteiger partial charge in [-0.05, 0) is 30.6 Å². The molecule has 0 unspecified atom stereocenters. The molecule has 1 heterocycles. The molecular formula is C11H20O2. The zero-order chi connectivity index (χ0) is 9.90. The Morgan fingerprint density at radius 1 is 1.46 bits per heavy atom. The van der Waals surface area contributed by atoms with Crippen molar-refractivity contribution in [1.29, 1.82) is 0 Å². The van der Waals surface area contributed by atoms with E-state index in [1.165, 1.54) is 12.8 Å². The Labute approximate surface area is 80.7 Å². The van der Waals surface area contributed by atoms with Crippen LogP contribution >= 0.6 is 0 Å². The van der Waals surface area contributed by atoms with Crippen LogP contribution in [0.1, 0.15) is 46.5 Å². The number of carbonyl (C=O) groups is 1. The van der Waals surface area contributed by atoms with Crippen LogP contribution in [-0.2, 0) is 9.53 Å². The van der Waals surface area contributed by atoms with Gasteiger partial charge in [0.1, 0.15) is 0 Å². The monoisotopic (exact) mass is 184 g/mol. The van der Waals surface area contributed by atoms with Gasteiger partial charge in [-0.2, -0.15) is 0 Å². The minimum absolute atomic E-state index is 0.00911. The molecule has 1 fully saturated rings. The molecule has 0 aromatic heterocycles. The fourth-order valence-corrected chi connectivity index (χ4v) is 1.62. The molecule has 0 bridgehead atoms. The highest BCUT2D eigenvalue weighted by Crippen LogP contribution is 2.28. The van der Waals surface area contributed by atoms with Crippen LogP contribution < -0.4 is 0 Å². The van der Waals surface area contributed by atoms with Gasteiger partial charge in [-0.25, -0.2) is 0 Å². The van der Waals surface area contributed by atoms with E-state index in [-0.39, 0.29) is 5.97 Å². The molecule has 76 valence electrons. The molecule has 0 spiro atoms. The largest absolute Gasteiger partial charge is 0.466 e. The molecule has 1 aliphatic heterocycles. The summed E-state index contributed by atoms with van der Waals surface area (Å²) in [6, 6.07) is 0. The lowest BCUT2D eigenvalue weighted by molar-refractivity contribution is -0.149. The van der Waals surface area contributed by atoms with Crippen molar-refractivity contribution >= 4 is 5.97 Å². The van der Waals surface area contributed by atoms with E-state index in [0.29, 0.717) is 24.4 Å². The molecule has 1 saturated heterocycles. The van der Waals surface area contributed by atoms with Crippen molar-refractivity contribution in [3.63, 3.8) is 0 Å². The summed E-state index contributed by atoms with van der Waals surface area (Å²) in [6.45, 7) is 7.37. The molecular weight excluding hydrogens is 164 g/mol. The van der Waals surface area contributed by atoms with Crippen LogP contribution in [0.2, 0.25) is 0 Å². The molecule has 1 rings (SSSR count). The summed E-state index contributed by atoms with van der Waals surface area (Å²) >= 11 is 0. The van der Waals surface area contributed by atoms with Crippen LogP contribution in [0.5, 0.6) is 0 Å². The van der Waals surface area contributed by atoms with Crippen molar-refractivity contribution in [2.45, 2.75) is 46.5 Å². The number of ether oxygens (including phenoxy) is 1. The fraction of sp³-hybridized carbons (Fsp3) is 0.909. The SMILES string of the molecule is CC(C)(C)CC[C@@H]1CCOC(=O)C1. The van der Waals surface area contributed by atoms with Gasteiger partial charge in [-0.1, -0.05) is 20.8 Å². The Morgan fingerprint density at radius 2 is 2.15 bits per heavy atom. The van der Waals surface area contributed by atoms with E-state index >= 15 is 0 Å². The molecule has 1 aliphatic rings. The van der Waals surface area contributed by atoms with E-state index in [1.807, 2.05) is 0 Å². The van der Waals surface area contributed by atoms with Crippen LogP contribution in [0.4, 0.5) is 0 Å². The Morgan fingerprint density at radius 3 is 2.69 bits per heavy atom. The summed E-state index contributed by atoms with van der Waals surface area (Å²) in [6.07, 6.45) is 4.06. The summed E-state index contributed by atoms with van der Waals surface area (Å²) in [5.74, 6) is 0.561. The first-order valence-corrected chi connectivity index (χ1v) is 5.13. The third kappa shape index (κ3) is 4.30. The van der Waals surface area contributed by atoms with E-state index in [9.17, 15) is 4.79 Å². The van der Waals surface area contributed by atoms with Crippen molar-refractivity contribution in [2.24, 2.45) is 11.3 Å². The molecule has 0 aromatic carbocycles. The summed E-state index contributed by atoms with van der Waals surface area (Å²) in [4.78, 5) is 11.0. The summed E-state index contributed by atoms with van der Waals surface area (Å²) < 4.78 is 4.90. The van der Waals surface area contributed by atoms with E-state index in [4.69, 9.17) is 4.74 Å². The van der Waals surface area contributed by atoms with Gasteiger partial charge in [0.25, 0.3) is 0 Å². The zero-order valence-corrected chi connectivity index (χ0v) is 8.93. The van der Waals surface area contributed by atoms with Crippen LogP contribution in [0.3, 0.4) is 0 Å². The van der Waals surface area contributed by atoms with Gasteiger partial charge >= 0.3 is 5.97 Å². The van der Waals surface area contributed by atoms with Crippen LogP contribution in [-0.4, -0.2) is 12.6 Å². The Balaban J connectivity index is 2.25. The molecule has 0 radical (unpaired) electrons. The lowest BCUT2D eigenvalue weighted by Crippen LogP contribution is -2.22. The highest BCUT2D eigenvalue weighted by molar-refractivity contribution is 5.70. The van der Waals surface area contributed by atoms with E-state index in [0.717, 1.165) is 6.42 Å². The quantitative estimate of drug-likeness (QED) is 0.617. The number of hydrogen-bond acceptors (Lipinski definition) is 2. The van der Waals surface area contributed by atoms with Gasteiger partial charge < -0.3 is 4.74 Å². The number of hydrogen-bond donors (Lipinski definition) is 0. The molecule has 0 aromatic rings. The van der Waals surface area contributed by atoms with Gasteiger partial charge in [0.2, 0.25) is 0 Å². The van der Waals surface area contributed by atoms with Gasteiger partial charge in [0, 0.05) is 6.42 Å². The van der Waals surface area contributed by atoms with Gasteiger partial charge in [-0.3, -0.25) is 4.79 Å². The maximum Gasteiger partial charge on any atom is 0.306 e. The smallest absolute Gasteiger partial charge is 0.306 e. The van der Waals surface area contributed by atoms with E-state index < -0.39 is 0 Å². The fourth-order valence-electron chi connectivity index (χ4n) is 1.62. The van der Waals surface area contributed by atoms with Gasteiger partial charge in [-0.15, -0.1) is 0 Å². The summed E-state index contributed by atoms with van der Waals surface area (Å²) in [5, 5.41) is 0. The number of esters is 1. The maximum absolute atomic E-state index is 11.0. The number of carbonyl (C=O) groups excluding carboxylic acids is 1. The molecule has 0 N–H and O–H groups in total. The van der Waals surface area contributed by atoms with Crippen LogP contribution in [0.25, 0.3) is 0 Å². The lowest BCUT2D eigenvalue weighted by atomic mass is 9.84. The van der Waals surface area contributed by atoms with Crippen molar-refractivity contribution in [2.75, 3.05) is 6.61 Å². The highest BCUT2D eigenvalue weighted by Gasteiger charge is 2.22. The van der Waals surface area contributed by atoms with Gasteiger partial charge in [0.05, 0.1) is 6.61 Å². The predicted molar refractivity (Wildman–Crippen MR) is 52.4 cm³/mol. The summed E-state index contributed by atoms with van der Waals surface area (Å²) in [5.41, 5.74) is 0.390. The van der Waals surface area contributed by atoms with Crippen molar-refractivity contribution < 1.29 is 9.53 Å². The molecule has 0 saturated carbocycles. The third-order valence-corrected chi connectivity index (χ3v) is 2.55. The van der Waals surface area contributed by atoms with Crippen LogP contribution in [0, 0.1) is 11.3 Å². The Kier molecular flexibility index (Phi) is 3.34. The van der Waals surface area contributed by atoms with Crippen LogP contribution in [0.15, 0.2) is 0 Å². The molecule has 0 aliphatic carbocycles. The molecule has 1 atom stereocenters. The lowest BCUT2D eigenvalue weighted by Gasteiger charge is -2.25. The predicted octanol–water partition coefficient (Wildman–Crippen LogP) is 2.77. The van der Waals surface area contributed by atoms with E-state index in [1.54, 1.807) is 0 Å². The first kappa shape index (κ1) is 10.6. The topological polar surface area (TPSA) is 26.3 Å². The third-order valence-electron chi connectivity index (χ3n) is 2.55. The van der Waals surface area contributed by atoms with Gasteiger partial charge in [0.15, 0.2) is 0 Å². The number of cyclic esters (lactones) is 1. The molecule has 0 amide bonds. The Hall–Kier alpha value is -0.530. The standard InChI is InChI=1S/C11H20O2/c1-11(2,3)6-4-9-5-7-13-10(12)8-9/h9H,4-8H2,1-3H3/t9-/m1/s1. The normalized spacial score (nSPS) is 24.2. The first-order chi connectivity index (χ1) is 5.97. The van der Waals surface area contributed by atoms with Crippen molar-refractivity contribution in [3.05, 3.63) is 0 Å². The second-order valence-electron chi connectivity index (χ2n) is 5.18. The molecule has 2 heteroatoms. The van der Waals surface area contributed by atoms with Crippen molar-refractivity contribution in [1.82, 2.24) is 0 Å². The minimum atomic E-state index is -0.00911. The van der Waals surface area contributed by atoms with Crippen molar-refractivity contribution in [3.8, 4) is 0 Å². The average molecular weight is 184 g/mol. The second kappa shape index (κ2) is 4.12.